The zero-order valence-corrected chi connectivity index (χ0v) is 14.1. The Bertz CT molecular complexity index is 895. The minimum absolute atomic E-state index is 0.232. The lowest BCUT2D eigenvalue weighted by Gasteiger charge is -2.21. The van der Waals surface area contributed by atoms with E-state index in [0.29, 0.717) is 6.04 Å². The van der Waals surface area contributed by atoms with Gasteiger partial charge in [0.1, 0.15) is 5.82 Å². The van der Waals surface area contributed by atoms with Gasteiger partial charge in [-0.2, -0.15) is 0 Å². The summed E-state index contributed by atoms with van der Waals surface area (Å²) in [5, 5.41) is 3.44. The molecular weight excluding hydrogens is 313 g/mol. The van der Waals surface area contributed by atoms with Crippen molar-refractivity contribution in [2.45, 2.75) is 19.4 Å². The van der Waals surface area contributed by atoms with Crippen LogP contribution in [-0.4, -0.2) is 22.6 Å². The van der Waals surface area contributed by atoms with E-state index in [1.54, 1.807) is 18.3 Å². The molecule has 1 aliphatic heterocycles. The molecule has 0 aliphatic carbocycles. The molecule has 3 heterocycles. The van der Waals surface area contributed by atoms with Gasteiger partial charge >= 0.3 is 0 Å². The van der Waals surface area contributed by atoms with Crippen LogP contribution >= 0.6 is 0 Å². The molecule has 2 aromatic heterocycles. The molecule has 0 fully saturated rings. The summed E-state index contributed by atoms with van der Waals surface area (Å²) in [4.78, 5) is 7.96. The zero-order valence-electron chi connectivity index (χ0n) is 14.1. The molecular formula is C21H20FN3. The first kappa shape index (κ1) is 15.8. The molecule has 3 nitrogen and oxygen atoms in total. The summed E-state index contributed by atoms with van der Waals surface area (Å²) in [5.74, 6) is -0.232. The van der Waals surface area contributed by atoms with Gasteiger partial charge in [0.25, 0.3) is 0 Å². The van der Waals surface area contributed by atoms with Crippen LogP contribution in [0.3, 0.4) is 0 Å². The van der Waals surface area contributed by atoms with Gasteiger partial charge < -0.3 is 10.3 Å². The summed E-state index contributed by atoms with van der Waals surface area (Å²) in [6.07, 6.45) is 7.07. The first-order chi connectivity index (χ1) is 12.2. The van der Waals surface area contributed by atoms with E-state index in [2.05, 4.69) is 28.3 Å². The molecule has 3 aromatic rings. The van der Waals surface area contributed by atoms with Crippen LogP contribution in [0.15, 0.2) is 60.9 Å². The smallest absolute Gasteiger partial charge is 0.123 e. The first-order valence-electron chi connectivity index (χ1n) is 8.54. The van der Waals surface area contributed by atoms with Crippen molar-refractivity contribution in [2.24, 2.45) is 0 Å². The topological polar surface area (TPSA) is 40.7 Å². The number of nitrogens with zero attached hydrogens (tertiary/aromatic N) is 1. The Morgan fingerprint density at radius 2 is 1.96 bits per heavy atom. The van der Waals surface area contributed by atoms with E-state index >= 15 is 0 Å². The van der Waals surface area contributed by atoms with Gasteiger partial charge in [-0.15, -0.1) is 0 Å². The van der Waals surface area contributed by atoms with Crippen LogP contribution in [-0.2, 0) is 0 Å². The Kier molecular flexibility index (Phi) is 4.20. The summed E-state index contributed by atoms with van der Waals surface area (Å²) < 4.78 is 13.3. The Hall–Kier alpha value is -2.72. The Morgan fingerprint density at radius 1 is 1.12 bits per heavy atom. The Balaban J connectivity index is 1.88. The number of aromatic nitrogens is 2. The molecule has 0 saturated carbocycles. The van der Waals surface area contributed by atoms with E-state index in [-0.39, 0.29) is 5.82 Å². The Morgan fingerprint density at radius 3 is 2.68 bits per heavy atom. The molecule has 1 aliphatic rings. The predicted molar refractivity (Wildman–Crippen MR) is 99.5 cm³/mol. The lowest BCUT2D eigenvalue weighted by molar-refractivity contribution is 0.579. The number of benzene rings is 1. The normalized spacial score (nSPS) is 17.4. The predicted octanol–water partition coefficient (Wildman–Crippen LogP) is 4.65. The van der Waals surface area contributed by atoms with Crippen LogP contribution in [0.2, 0.25) is 0 Å². The molecule has 0 bridgehead atoms. The molecule has 0 saturated heterocycles. The molecule has 0 radical (unpaired) electrons. The summed E-state index contributed by atoms with van der Waals surface area (Å²) in [7, 11) is 0. The van der Waals surface area contributed by atoms with Gasteiger partial charge in [-0.25, -0.2) is 4.39 Å². The second-order valence-electron chi connectivity index (χ2n) is 6.42. The number of aromatic amines is 1. The molecule has 1 unspecified atom stereocenters. The van der Waals surface area contributed by atoms with Gasteiger partial charge in [0.05, 0.1) is 11.4 Å². The van der Waals surface area contributed by atoms with Gasteiger partial charge in [-0.3, -0.25) is 4.98 Å². The molecule has 1 atom stereocenters. The van der Waals surface area contributed by atoms with Gasteiger partial charge in [-0.05, 0) is 60.9 Å². The zero-order chi connectivity index (χ0) is 17.2. The highest BCUT2D eigenvalue weighted by Gasteiger charge is 2.21. The average molecular weight is 333 g/mol. The van der Waals surface area contributed by atoms with Crippen molar-refractivity contribution in [3.05, 3.63) is 72.3 Å². The minimum atomic E-state index is -0.232. The quantitative estimate of drug-likeness (QED) is 0.732. The monoisotopic (exact) mass is 333 g/mol. The standard InChI is InChI=1S/C21H20FN3/c1-14-12-16(9-11-23-14)18-13-25-21(15-5-7-17(22)8-6-15)20(18)19-4-2-3-10-24-19/h2-10,13-14,23,25H,11-12H2,1H3. The van der Waals surface area contributed by atoms with Crippen molar-refractivity contribution in [3.63, 3.8) is 0 Å². The van der Waals surface area contributed by atoms with Crippen LogP contribution in [0.4, 0.5) is 4.39 Å². The summed E-state index contributed by atoms with van der Waals surface area (Å²) in [6, 6.07) is 13.0. The SMILES string of the molecule is CC1CC(c2c[nH]c(-c3ccc(F)cc3)c2-c2ccccn2)=CCN1. The largest absolute Gasteiger partial charge is 0.360 e. The lowest BCUT2D eigenvalue weighted by atomic mass is 9.92. The van der Waals surface area contributed by atoms with Crippen molar-refractivity contribution >= 4 is 5.57 Å². The van der Waals surface area contributed by atoms with Gasteiger partial charge in [-0.1, -0.05) is 12.1 Å². The third kappa shape index (κ3) is 3.13. The van der Waals surface area contributed by atoms with Gasteiger partial charge in [0.15, 0.2) is 0 Å². The van der Waals surface area contributed by atoms with E-state index < -0.39 is 0 Å². The van der Waals surface area contributed by atoms with E-state index in [1.807, 2.05) is 24.4 Å². The average Bonchev–Trinajstić information content (AvgIpc) is 3.08. The molecule has 4 heteroatoms. The summed E-state index contributed by atoms with van der Waals surface area (Å²) in [6.45, 7) is 3.07. The number of hydrogen-bond acceptors (Lipinski definition) is 2. The molecule has 2 N–H and O–H groups in total. The molecule has 126 valence electrons. The highest BCUT2D eigenvalue weighted by molar-refractivity contribution is 5.90. The van der Waals surface area contributed by atoms with Crippen molar-refractivity contribution in [3.8, 4) is 22.5 Å². The first-order valence-corrected chi connectivity index (χ1v) is 8.54. The van der Waals surface area contributed by atoms with Crippen LogP contribution in [0.1, 0.15) is 18.9 Å². The third-order valence-corrected chi connectivity index (χ3v) is 4.62. The fraction of sp³-hybridized carbons (Fsp3) is 0.190. The maximum atomic E-state index is 13.3. The molecule has 4 rings (SSSR count). The summed E-state index contributed by atoms with van der Waals surface area (Å²) >= 11 is 0. The maximum absolute atomic E-state index is 13.3. The second-order valence-corrected chi connectivity index (χ2v) is 6.42. The molecule has 1 aromatic carbocycles. The third-order valence-electron chi connectivity index (χ3n) is 4.62. The number of rotatable bonds is 3. The maximum Gasteiger partial charge on any atom is 0.123 e. The van der Waals surface area contributed by atoms with Crippen LogP contribution in [0.5, 0.6) is 0 Å². The number of pyridine rings is 1. The van der Waals surface area contributed by atoms with E-state index in [4.69, 9.17) is 0 Å². The van der Waals surface area contributed by atoms with Crippen LogP contribution in [0.25, 0.3) is 28.1 Å². The fourth-order valence-corrected chi connectivity index (χ4v) is 3.39. The van der Waals surface area contributed by atoms with E-state index in [0.717, 1.165) is 35.5 Å². The van der Waals surface area contributed by atoms with Gasteiger partial charge in [0.2, 0.25) is 0 Å². The van der Waals surface area contributed by atoms with Crippen LogP contribution in [0, 0.1) is 5.82 Å². The van der Waals surface area contributed by atoms with E-state index in [1.165, 1.54) is 23.3 Å². The summed E-state index contributed by atoms with van der Waals surface area (Å²) in [5.41, 5.74) is 6.41. The Labute approximate surface area is 146 Å². The number of halogens is 1. The molecule has 0 spiro atoms. The number of nitrogens with one attached hydrogen (secondary N) is 2. The van der Waals surface area contributed by atoms with Crippen molar-refractivity contribution in [1.29, 1.82) is 0 Å². The molecule has 0 amide bonds. The highest BCUT2D eigenvalue weighted by Crippen LogP contribution is 2.38. The highest BCUT2D eigenvalue weighted by atomic mass is 19.1. The van der Waals surface area contributed by atoms with Gasteiger partial charge in [0, 0.05) is 36.1 Å². The molecule has 25 heavy (non-hydrogen) atoms. The number of hydrogen-bond donors (Lipinski definition) is 2. The fourth-order valence-electron chi connectivity index (χ4n) is 3.39. The van der Waals surface area contributed by atoms with Crippen molar-refractivity contribution < 1.29 is 4.39 Å². The van der Waals surface area contributed by atoms with E-state index in [9.17, 15) is 4.39 Å². The number of H-pyrrole nitrogens is 1. The van der Waals surface area contributed by atoms with Crippen molar-refractivity contribution in [2.75, 3.05) is 6.54 Å². The second kappa shape index (κ2) is 6.65. The minimum Gasteiger partial charge on any atom is -0.360 e. The van der Waals surface area contributed by atoms with Crippen LogP contribution < -0.4 is 5.32 Å². The lowest BCUT2D eigenvalue weighted by Crippen LogP contribution is -2.29. The van der Waals surface area contributed by atoms with Crippen molar-refractivity contribution in [1.82, 2.24) is 15.3 Å².